The monoisotopic (exact) mass is 459 g/mol. The zero-order valence-corrected chi connectivity index (χ0v) is 20.1. The second kappa shape index (κ2) is 13.8. The van der Waals surface area contributed by atoms with Gasteiger partial charge < -0.3 is 14.7 Å². The Kier molecular flexibility index (Phi) is 12.2. The summed E-state index contributed by atoms with van der Waals surface area (Å²) in [6, 6.07) is 0. The maximum Gasteiger partial charge on any atom is 0.317 e. The summed E-state index contributed by atoms with van der Waals surface area (Å²) < 4.78 is 5.42. The summed E-state index contributed by atoms with van der Waals surface area (Å²) in [5.41, 5.74) is 1.75. The number of ether oxygens (including phenoxy) is 1. The van der Waals surface area contributed by atoms with Gasteiger partial charge in [-0.25, -0.2) is 0 Å². The largest absolute Gasteiger partial charge is 0.511 e. The lowest BCUT2D eigenvalue weighted by Gasteiger charge is -2.32. The van der Waals surface area contributed by atoms with Crippen molar-refractivity contribution in [1.82, 2.24) is 0 Å². The predicted molar refractivity (Wildman–Crippen MR) is 123 cm³/mol. The third kappa shape index (κ3) is 7.99. The fourth-order valence-corrected chi connectivity index (χ4v) is 4.57. The van der Waals surface area contributed by atoms with E-state index in [0.717, 1.165) is 5.75 Å². The van der Waals surface area contributed by atoms with Crippen LogP contribution in [0.3, 0.4) is 0 Å². The van der Waals surface area contributed by atoms with Gasteiger partial charge in [0, 0.05) is 17.2 Å². The van der Waals surface area contributed by atoms with Crippen molar-refractivity contribution < 1.29 is 24.3 Å². The molecule has 3 unspecified atom stereocenters. The van der Waals surface area contributed by atoms with Crippen LogP contribution in [0.5, 0.6) is 0 Å². The number of carbonyl (C=O) groups excluding carboxylic acids is 2. The number of hydrogen-bond acceptors (Lipinski definition) is 7. The molecular weight excluding hydrogens is 426 g/mol. The molecule has 0 amide bonds. The first-order chi connectivity index (χ1) is 14.3. The van der Waals surface area contributed by atoms with E-state index in [1.165, 1.54) is 5.54 Å². The van der Waals surface area contributed by atoms with E-state index in [0.29, 0.717) is 25.0 Å². The van der Waals surface area contributed by atoms with Gasteiger partial charge in [0.25, 0.3) is 0 Å². The predicted octanol–water partition coefficient (Wildman–Crippen LogP) is 5.41. The van der Waals surface area contributed by atoms with Crippen molar-refractivity contribution in [2.24, 2.45) is 17.0 Å². The molecule has 6 nitrogen and oxygen atoms in total. The minimum Gasteiger partial charge on any atom is -0.511 e. The maximum absolute atomic E-state index is 13.0. The number of carbonyl (C=O) groups is 2. The van der Waals surface area contributed by atoms with Crippen LogP contribution in [0.4, 0.5) is 0 Å². The number of esters is 1. The molecule has 0 fully saturated rings. The maximum atomic E-state index is 13.0. The second-order valence-corrected chi connectivity index (χ2v) is 9.53. The highest BCUT2D eigenvalue weighted by Crippen LogP contribution is 2.38. The molecule has 30 heavy (non-hydrogen) atoms. The van der Waals surface area contributed by atoms with Crippen molar-refractivity contribution in [1.29, 1.82) is 0 Å². The molecule has 0 saturated heterocycles. The van der Waals surface area contributed by atoms with Crippen molar-refractivity contribution >= 4 is 40.8 Å². The molecule has 3 atom stereocenters. The van der Waals surface area contributed by atoms with Gasteiger partial charge in [0.05, 0.1) is 17.4 Å². The van der Waals surface area contributed by atoms with Gasteiger partial charge in [-0.3, -0.25) is 9.59 Å². The molecule has 1 aliphatic rings. The first-order valence-electron chi connectivity index (χ1n) is 10.5. The molecule has 1 aliphatic carbocycles. The van der Waals surface area contributed by atoms with Crippen LogP contribution in [0.2, 0.25) is 0 Å². The molecule has 0 radical (unpaired) electrons. The minimum atomic E-state index is -0.884. The molecule has 170 valence electrons. The Bertz CT molecular complexity index is 674. The smallest absolute Gasteiger partial charge is 0.317 e. The zero-order valence-electron chi connectivity index (χ0n) is 18.5. The fraction of sp³-hybridized carbons (Fsp3) is 0.682. The zero-order chi connectivity index (χ0) is 22.7. The van der Waals surface area contributed by atoms with E-state index in [1.807, 2.05) is 6.92 Å². The topological polar surface area (TPSA) is 85.2 Å². The van der Waals surface area contributed by atoms with Crippen LogP contribution in [-0.2, 0) is 19.2 Å². The van der Waals surface area contributed by atoms with Gasteiger partial charge in [-0.05, 0) is 44.4 Å². The number of halogens is 1. The normalized spacial score (nSPS) is 21.4. The molecule has 0 aliphatic heterocycles. The van der Waals surface area contributed by atoms with Crippen molar-refractivity contribution in [3.05, 3.63) is 22.9 Å². The molecule has 8 heteroatoms. The Balaban J connectivity index is 3.34. The molecule has 1 N–H and O–H groups in total. The molecule has 0 heterocycles. The average Bonchev–Trinajstić information content (AvgIpc) is 2.64. The number of ketones is 1. The van der Waals surface area contributed by atoms with E-state index >= 15 is 0 Å². The Hall–Kier alpha value is -1.47. The summed E-state index contributed by atoms with van der Waals surface area (Å²) in [5.74, 6) is -1.23. The van der Waals surface area contributed by atoms with Crippen molar-refractivity contribution in [2.75, 3.05) is 12.4 Å². The Morgan fingerprint density at radius 2 is 2.07 bits per heavy atom. The molecule has 0 spiro atoms. The number of thioether (sulfide) groups is 1. The van der Waals surface area contributed by atoms with Crippen molar-refractivity contribution in [3.8, 4) is 0 Å². The lowest BCUT2D eigenvalue weighted by Crippen LogP contribution is -2.38. The SMILES string of the molecule is CCCC(=NOC/C=C/Cl)C1=C(O)C(C(=O)OC(C)C)C(CC(C)SCC)CC1=O. The highest BCUT2D eigenvalue weighted by Gasteiger charge is 2.43. The minimum absolute atomic E-state index is 0.0875. The van der Waals surface area contributed by atoms with E-state index in [1.54, 1.807) is 31.7 Å². The number of aliphatic hydroxyl groups is 1. The highest BCUT2D eigenvalue weighted by molar-refractivity contribution is 7.99. The number of Topliss-reactive ketones (excluding diaryl/α,β-unsaturated/α-hetero) is 1. The Labute approximate surface area is 189 Å². The molecule has 1 rings (SSSR count). The summed E-state index contributed by atoms with van der Waals surface area (Å²) in [4.78, 5) is 31.1. The van der Waals surface area contributed by atoms with E-state index in [4.69, 9.17) is 21.2 Å². The van der Waals surface area contributed by atoms with E-state index < -0.39 is 11.9 Å². The third-order valence-corrected chi connectivity index (χ3v) is 5.92. The van der Waals surface area contributed by atoms with E-state index in [9.17, 15) is 14.7 Å². The quantitative estimate of drug-likeness (QED) is 0.182. The fourth-order valence-electron chi connectivity index (χ4n) is 3.54. The number of allylic oxidation sites excluding steroid dienone is 1. The van der Waals surface area contributed by atoms with E-state index in [-0.39, 0.29) is 47.4 Å². The first-order valence-corrected chi connectivity index (χ1v) is 12.0. The van der Waals surface area contributed by atoms with Crippen LogP contribution in [0.25, 0.3) is 0 Å². The van der Waals surface area contributed by atoms with E-state index in [2.05, 4.69) is 19.0 Å². The summed E-state index contributed by atoms with van der Waals surface area (Å²) >= 11 is 7.25. The standard InChI is InChI=1S/C22H34ClNO5S/c1-6-9-17(24-28-11-8-10-23)20-18(25)13-16(12-15(5)30-7-2)19(21(20)26)22(27)29-14(3)4/h8,10,14-16,19,26H,6-7,9,11-13H2,1-5H3/b10-8+,24-17?. The first kappa shape index (κ1) is 26.6. The van der Waals surface area contributed by atoms with Crippen LogP contribution in [-0.4, -0.2) is 46.3 Å². The van der Waals surface area contributed by atoms with Crippen LogP contribution >= 0.6 is 23.4 Å². The van der Waals surface area contributed by atoms with Gasteiger partial charge in [-0.1, -0.05) is 43.9 Å². The van der Waals surface area contributed by atoms with Crippen molar-refractivity contribution in [3.63, 3.8) is 0 Å². The average molecular weight is 460 g/mol. The van der Waals surface area contributed by atoms with Crippen molar-refractivity contribution in [2.45, 2.75) is 71.7 Å². The van der Waals surface area contributed by atoms with Crippen LogP contribution in [0, 0.1) is 11.8 Å². The second-order valence-electron chi connectivity index (χ2n) is 7.56. The molecule has 0 aromatic heterocycles. The van der Waals surface area contributed by atoms with Gasteiger partial charge in [0.15, 0.2) is 5.78 Å². The molecule has 0 bridgehead atoms. The van der Waals surface area contributed by atoms with Gasteiger partial charge in [-0.2, -0.15) is 11.8 Å². The van der Waals surface area contributed by atoms with Crippen LogP contribution in [0.1, 0.15) is 60.3 Å². The third-order valence-electron chi connectivity index (χ3n) is 4.65. The van der Waals surface area contributed by atoms with Gasteiger partial charge in [0.1, 0.15) is 18.3 Å². The van der Waals surface area contributed by atoms with Gasteiger partial charge in [-0.15, -0.1) is 0 Å². The molecule has 0 aromatic rings. The van der Waals surface area contributed by atoms with Crippen LogP contribution < -0.4 is 0 Å². The number of oxime groups is 1. The summed E-state index contributed by atoms with van der Waals surface area (Å²) in [6.45, 7) is 9.75. The number of nitrogens with zero attached hydrogens (tertiary/aromatic N) is 1. The number of hydrogen-bond donors (Lipinski definition) is 1. The Morgan fingerprint density at radius 1 is 1.37 bits per heavy atom. The lowest BCUT2D eigenvalue weighted by atomic mass is 9.74. The highest BCUT2D eigenvalue weighted by atomic mass is 35.5. The molecular formula is C22H34ClNO5S. The lowest BCUT2D eigenvalue weighted by molar-refractivity contribution is -0.154. The summed E-state index contributed by atoms with van der Waals surface area (Å²) in [5, 5.41) is 15.4. The van der Waals surface area contributed by atoms with Gasteiger partial charge in [0.2, 0.25) is 0 Å². The van der Waals surface area contributed by atoms with Gasteiger partial charge >= 0.3 is 5.97 Å². The number of aliphatic hydroxyl groups excluding tert-OH is 1. The molecule has 0 aromatic carbocycles. The summed E-state index contributed by atoms with van der Waals surface area (Å²) in [6.07, 6.45) is 3.19. The van der Waals surface area contributed by atoms with Crippen LogP contribution in [0.15, 0.2) is 28.1 Å². The Morgan fingerprint density at radius 3 is 2.63 bits per heavy atom. The molecule has 0 saturated carbocycles. The number of rotatable bonds is 12. The summed E-state index contributed by atoms with van der Waals surface area (Å²) in [7, 11) is 0.